The molecule has 0 spiro atoms. The molecule has 1 amide bonds. The number of nitrogens with one attached hydrogen (secondary N) is 2. The normalized spacial score (nSPS) is 14.8. The van der Waals surface area contributed by atoms with E-state index in [9.17, 15) is 4.79 Å². The summed E-state index contributed by atoms with van der Waals surface area (Å²) in [6.07, 6.45) is 3.68. The molecule has 1 aliphatic rings. The van der Waals surface area contributed by atoms with Crippen LogP contribution >= 0.6 is 12.2 Å². The summed E-state index contributed by atoms with van der Waals surface area (Å²) in [5.74, 6) is 0.490. The lowest BCUT2D eigenvalue weighted by Gasteiger charge is -2.04. The fraction of sp³-hybridized carbons (Fsp3) is 0.0952. The van der Waals surface area contributed by atoms with Crippen LogP contribution in [-0.4, -0.2) is 27.9 Å². The number of nitrogens with zero attached hydrogens (tertiary/aromatic N) is 2. The van der Waals surface area contributed by atoms with Crippen LogP contribution in [0.2, 0.25) is 0 Å². The van der Waals surface area contributed by atoms with Gasteiger partial charge in [0, 0.05) is 17.3 Å². The van der Waals surface area contributed by atoms with Gasteiger partial charge < -0.3 is 10.1 Å². The number of thiocarbonyl (C=S) groups is 1. The smallest absolute Gasteiger partial charge is 0.273 e. The molecule has 0 radical (unpaired) electrons. The van der Waals surface area contributed by atoms with Crippen LogP contribution in [0.25, 0.3) is 17.3 Å². The Morgan fingerprint density at radius 2 is 1.96 bits per heavy atom. The van der Waals surface area contributed by atoms with E-state index in [0.717, 1.165) is 28.1 Å². The average Bonchev–Trinajstić information content (AvgIpc) is 3.25. The van der Waals surface area contributed by atoms with Crippen molar-refractivity contribution in [1.29, 1.82) is 0 Å². The first-order chi connectivity index (χ1) is 13.6. The number of rotatable bonds is 5. The lowest BCUT2D eigenvalue weighted by molar-refractivity contribution is -0.115. The number of ether oxygens (including phenoxy) is 1. The SMILES string of the molecule is COc1cccc(-c2nn(Cc3ccccc3)cc2/C=C2\NC(=S)NC2=O)c1. The van der Waals surface area contributed by atoms with E-state index in [1.165, 1.54) is 0 Å². The number of hydrogen-bond acceptors (Lipinski definition) is 4. The second-order valence-electron chi connectivity index (χ2n) is 6.31. The predicted molar refractivity (Wildman–Crippen MR) is 112 cm³/mol. The molecule has 2 aromatic carbocycles. The van der Waals surface area contributed by atoms with Crippen molar-refractivity contribution in [2.75, 3.05) is 7.11 Å². The molecule has 0 unspecified atom stereocenters. The number of methoxy groups -OCH3 is 1. The predicted octanol–water partition coefficient (Wildman–Crippen LogP) is 2.95. The molecule has 6 nitrogen and oxygen atoms in total. The minimum absolute atomic E-state index is 0.252. The monoisotopic (exact) mass is 390 g/mol. The molecule has 1 aromatic heterocycles. The third-order valence-electron chi connectivity index (χ3n) is 4.34. The Bertz CT molecular complexity index is 1070. The molecule has 0 atom stereocenters. The van der Waals surface area contributed by atoms with Crippen molar-refractivity contribution >= 4 is 29.3 Å². The van der Waals surface area contributed by atoms with Gasteiger partial charge in [-0.2, -0.15) is 5.10 Å². The molecule has 28 heavy (non-hydrogen) atoms. The van der Waals surface area contributed by atoms with E-state index >= 15 is 0 Å². The molecular formula is C21H18N4O2S. The second kappa shape index (κ2) is 7.66. The van der Waals surface area contributed by atoms with Gasteiger partial charge in [0.1, 0.15) is 11.4 Å². The van der Waals surface area contributed by atoms with Crippen molar-refractivity contribution in [3.63, 3.8) is 0 Å². The van der Waals surface area contributed by atoms with Crippen molar-refractivity contribution in [3.05, 3.63) is 77.6 Å². The van der Waals surface area contributed by atoms with Crippen LogP contribution in [0, 0.1) is 0 Å². The molecule has 1 fully saturated rings. The van der Waals surface area contributed by atoms with E-state index in [1.54, 1.807) is 13.2 Å². The zero-order valence-electron chi connectivity index (χ0n) is 15.2. The van der Waals surface area contributed by atoms with E-state index in [1.807, 2.05) is 53.3 Å². The van der Waals surface area contributed by atoms with E-state index in [2.05, 4.69) is 22.8 Å². The van der Waals surface area contributed by atoms with Gasteiger partial charge in [-0.1, -0.05) is 42.5 Å². The van der Waals surface area contributed by atoms with Gasteiger partial charge in [0.25, 0.3) is 5.91 Å². The Labute approximate surface area is 167 Å². The zero-order chi connectivity index (χ0) is 19.5. The van der Waals surface area contributed by atoms with E-state index < -0.39 is 0 Å². The summed E-state index contributed by atoms with van der Waals surface area (Å²) >= 11 is 5.02. The van der Waals surface area contributed by atoms with Crippen LogP contribution in [0.3, 0.4) is 0 Å². The first kappa shape index (κ1) is 17.9. The number of amides is 1. The fourth-order valence-corrected chi connectivity index (χ4v) is 3.23. The third-order valence-corrected chi connectivity index (χ3v) is 4.54. The Balaban J connectivity index is 1.77. The van der Waals surface area contributed by atoms with E-state index in [-0.39, 0.29) is 5.91 Å². The van der Waals surface area contributed by atoms with Crippen molar-refractivity contribution in [1.82, 2.24) is 20.4 Å². The van der Waals surface area contributed by atoms with Gasteiger partial charge >= 0.3 is 0 Å². The third kappa shape index (κ3) is 3.79. The lowest BCUT2D eigenvalue weighted by Crippen LogP contribution is -2.21. The van der Waals surface area contributed by atoms with E-state index in [4.69, 9.17) is 22.1 Å². The Morgan fingerprint density at radius 3 is 2.68 bits per heavy atom. The molecule has 3 aromatic rings. The van der Waals surface area contributed by atoms with Crippen LogP contribution in [0.15, 0.2) is 66.5 Å². The van der Waals surface area contributed by atoms with Crippen molar-refractivity contribution in [2.24, 2.45) is 0 Å². The highest BCUT2D eigenvalue weighted by Crippen LogP contribution is 2.27. The molecule has 1 saturated heterocycles. The standard InChI is InChI=1S/C21H18N4O2S/c1-27-17-9-5-8-15(10-17)19-16(11-18-20(26)23-21(28)22-18)13-25(24-19)12-14-6-3-2-4-7-14/h2-11,13H,12H2,1H3,(H2,22,23,26,28)/b18-11-. The van der Waals surface area contributed by atoms with Gasteiger partial charge in [0.05, 0.1) is 19.3 Å². The number of hydrogen-bond donors (Lipinski definition) is 2. The zero-order valence-corrected chi connectivity index (χ0v) is 16.0. The summed E-state index contributed by atoms with van der Waals surface area (Å²) in [6, 6.07) is 17.8. The molecule has 0 saturated carbocycles. The minimum atomic E-state index is -0.252. The number of carbonyl (C=O) groups is 1. The summed E-state index contributed by atoms with van der Waals surface area (Å²) in [7, 11) is 1.63. The van der Waals surface area contributed by atoms with Crippen LogP contribution in [0.5, 0.6) is 5.75 Å². The minimum Gasteiger partial charge on any atom is -0.497 e. The second-order valence-corrected chi connectivity index (χ2v) is 6.72. The highest BCUT2D eigenvalue weighted by Gasteiger charge is 2.21. The highest BCUT2D eigenvalue weighted by atomic mass is 32.1. The van der Waals surface area contributed by atoms with Gasteiger partial charge in [-0.05, 0) is 36.0 Å². The molecule has 0 aliphatic carbocycles. The molecule has 1 aliphatic heterocycles. The maximum absolute atomic E-state index is 12.1. The molecule has 0 bridgehead atoms. The Morgan fingerprint density at radius 1 is 1.14 bits per heavy atom. The summed E-state index contributed by atoms with van der Waals surface area (Å²) < 4.78 is 7.20. The summed E-state index contributed by atoms with van der Waals surface area (Å²) in [4.78, 5) is 12.1. The van der Waals surface area contributed by atoms with Crippen LogP contribution in [0.4, 0.5) is 0 Å². The Kier molecular flexibility index (Phi) is 4.90. The summed E-state index contributed by atoms with van der Waals surface area (Å²) in [5.41, 5.74) is 4.01. The quantitative estimate of drug-likeness (QED) is 0.518. The molecule has 140 valence electrons. The van der Waals surface area contributed by atoms with Crippen LogP contribution in [0.1, 0.15) is 11.1 Å². The van der Waals surface area contributed by atoms with Crippen molar-refractivity contribution < 1.29 is 9.53 Å². The van der Waals surface area contributed by atoms with Crippen molar-refractivity contribution in [2.45, 2.75) is 6.54 Å². The van der Waals surface area contributed by atoms with Gasteiger partial charge in [0.2, 0.25) is 0 Å². The van der Waals surface area contributed by atoms with Crippen LogP contribution < -0.4 is 15.4 Å². The largest absolute Gasteiger partial charge is 0.497 e. The lowest BCUT2D eigenvalue weighted by atomic mass is 10.1. The van der Waals surface area contributed by atoms with Gasteiger partial charge in [0.15, 0.2) is 5.11 Å². The van der Waals surface area contributed by atoms with Gasteiger partial charge in [-0.25, -0.2) is 0 Å². The molecule has 4 rings (SSSR count). The maximum Gasteiger partial charge on any atom is 0.273 e. The average molecular weight is 390 g/mol. The van der Waals surface area contributed by atoms with Gasteiger partial charge in [-0.15, -0.1) is 0 Å². The molecule has 2 heterocycles. The van der Waals surface area contributed by atoms with Crippen LogP contribution in [-0.2, 0) is 11.3 Å². The maximum atomic E-state index is 12.1. The molecular weight excluding hydrogens is 372 g/mol. The highest BCUT2D eigenvalue weighted by molar-refractivity contribution is 7.80. The summed E-state index contributed by atoms with van der Waals surface area (Å²) in [6.45, 7) is 0.624. The fourth-order valence-electron chi connectivity index (χ4n) is 3.03. The number of benzene rings is 2. The Hall–Kier alpha value is -3.45. The first-order valence-electron chi connectivity index (χ1n) is 8.72. The first-order valence-corrected chi connectivity index (χ1v) is 9.13. The molecule has 7 heteroatoms. The summed E-state index contributed by atoms with van der Waals surface area (Å²) in [5, 5.41) is 10.5. The topological polar surface area (TPSA) is 68.2 Å². The van der Waals surface area contributed by atoms with Crippen molar-refractivity contribution in [3.8, 4) is 17.0 Å². The van der Waals surface area contributed by atoms with E-state index in [0.29, 0.717) is 17.4 Å². The van der Waals surface area contributed by atoms with Gasteiger partial charge in [-0.3, -0.25) is 14.8 Å². The number of carbonyl (C=O) groups excluding carboxylic acids is 1. The number of aromatic nitrogens is 2. The molecule has 2 N–H and O–H groups in total.